The third-order valence-electron chi connectivity index (χ3n) is 1.31. The lowest BCUT2D eigenvalue weighted by Crippen LogP contribution is -2.44. The molecule has 0 aromatic heterocycles. The molecule has 4 heteroatoms. The molecule has 0 heterocycles. The van der Waals surface area contributed by atoms with Gasteiger partial charge in [0.1, 0.15) is 12.2 Å². The Morgan fingerprint density at radius 2 is 1.82 bits per heavy atom. The van der Waals surface area contributed by atoms with Crippen molar-refractivity contribution < 1.29 is 18.9 Å². The number of amides is 2. The molecule has 62 valence electrons. The Morgan fingerprint density at radius 3 is 2.09 bits per heavy atom. The summed E-state index contributed by atoms with van der Waals surface area (Å²) in [6, 6.07) is 0. The van der Waals surface area contributed by atoms with E-state index in [0.29, 0.717) is 6.41 Å². The van der Waals surface area contributed by atoms with Gasteiger partial charge in [0.2, 0.25) is 0 Å². The zero-order chi connectivity index (χ0) is 9.07. The summed E-state index contributed by atoms with van der Waals surface area (Å²) >= 11 is 0. The number of nitrogens with zero attached hydrogens (tertiary/aromatic N) is 1. The van der Waals surface area contributed by atoms with Gasteiger partial charge in [-0.25, -0.2) is 14.1 Å². The highest BCUT2D eigenvalue weighted by Gasteiger charge is 2.26. The smallest absolute Gasteiger partial charge is 0.299 e. The maximum Gasteiger partial charge on any atom is 0.327 e. The number of ketones is 1. The summed E-state index contributed by atoms with van der Waals surface area (Å²) in [4.78, 5) is 31.8. The van der Waals surface area contributed by atoms with Gasteiger partial charge in [-0.05, 0) is 6.92 Å². The van der Waals surface area contributed by atoms with Gasteiger partial charge in [0.05, 0.1) is 14.1 Å². The van der Waals surface area contributed by atoms with E-state index >= 15 is 0 Å². The second-order valence-electron chi connectivity index (χ2n) is 2.92. The van der Waals surface area contributed by atoms with Crippen LogP contribution in [0, 0.1) is 0 Å². The third kappa shape index (κ3) is 3.04. The van der Waals surface area contributed by atoms with Gasteiger partial charge in [0.25, 0.3) is 0 Å². The van der Waals surface area contributed by atoms with Crippen LogP contribution in [0.15, 0.2) is 0 Å². The number of quaternary nitrogens is 1. The zero-order valence-corrected chi connectivity index (χ0v) is 6.96. The van der Waals surface area contributed by atoms with Crippen molar-refractivity contribution in [3.63, 3.8) is 0 Å². The molecule has 0 saturated heterocycles. The topological polar surface area (TPSA) is 51.2 Å². The summed E-state index contributed by atoms with van der Waals surface area (Å²) in [7, 11) is 2.89. The molecule has 0 bridgehead atoms. The first-order chi connectivity index (χ1) is 4.90. The Morgan fingerprint density at radius 1 is 1.36 bits per heavy atom. The van der Waals surface area contributed by atoms with Gasteiger partial charge in [-0.3, -0.25) is 4.79 Å². The van der Waals surface area contributed by atoms with E-state index in [9.17, 15) is 14.4 Å². The monoisotopic (exact) mass is 158 g/mol. The van der Waals surface area contributed by atoms with Crippen LogP contribution in [0.5, 0.6) is 0 Å². The molecule has 0 aliphatic heterocycles. The predicted molar refractivity (Wildman–Crippen MR) is 38.5 cm³/mol. The Balaban J connectivity index is 4.24. The molecule has 11 heavy (non-hydrogen) atoms. The maximum absolute atomic E-state index is 11.0. The number of rotatable bonds is 3. The van der Waals surface area contributed by atoms with Crippen LogP contribution in [0.25, 0.3) is 0 Å². The molecular formula is C7H12NO3+. The SMILES string of the molecule is CC(=O)CC(=O)[N+](C)(C)C=O. The van der Waals surface area contributed by atoms with Crippen molar-refractivity contribution in [1.82, 2.24) is 0 Å². The molecule has 0 aromatic carbocycles. The lowest BCUT2D eigenvalue weighted by molar-refractivity contribution is -0.724. The molecule has 0 aliphatic carbocycles. The first kappa shape index (κ1) is 9.97. The van der Waals surface area contributed by atoms with Crippen LogP contribution in [0.1, 0.15) is 13.3 Å². The van der Waals surface area contributed by atoms with Gasteiger partial charge in [-0.15, -0.1) is 0 Å². The Hall–Kier alpha value is -1.03. The average molecular weight is 158 g/mol. The minimum atomic E-state index is -0.389. The second-order valence-corrected chi connectivity index (χ2v) is 2.92. The normalized spacial score (nSPS) is 10.8. The predicted octanol–water partition coefficient (Wildman–Crippen LogP) is -0.275. The summed E-state index contributed by atoms with van der Waals surface area (Å²) in [6.45, 7) is 1.32. The summed E-state index contributed by atoms with van der Waals surface area (Å²) in [5, 5.41) is 0. The quantitative estimate of drug-likeness (QED) is 0.322. The largest absolute Gasteiger partial charge is 0.327 e. The summed E-state index contributed by atoms with van der Waals surface area (Å²) in [6.07, 6.45) is 0.330. The molecule has 0 unspecified atom stereocenters. The first-order valence-corrected chi connectivity index (χ1v) is 3.23. The fourth-order valence-electron chi connectivity index (χ4n) is 0.476. The van der Waals surface area contributed by atoms with Gasteiger partial charge in [0.15, 0.2) is 0 Å². The lowest BCUT2D eigenvalue weighted by Gasteiger charge is -2.16. The maximum atomic E-state index is 11.0. The summed E-state index contributed by atoms with van der Waals surface area (Å²) in [5.41, 5.74) is 0. The molecule has 0 rings (SSSR count). The fraction of sp³-hybridized carbons (Fsp3) is 0.571. The number of hydrogen-bond donors (Lipinski definition) is 0. The molecule has 0 atom stereocenters. The van der Waals surface area contributed by atoms with Crippen molar-refractivity contribution in [2.45, 2.75) is 13.3 Å². The van der Waals surface area contributed by atoms with Crippen LogP contribution in [0.2, 0.25) is 0 Å². The first-order valence-electron chi connectivity index (χ1n) is 3.23. The van der Waals surface area contributed by atoms with Gasteiger partial charge in [-0.1, -0.05) is 0 Å². The van der Waals surface area contributed by atoms with Gasteiger partial charge < -0.3 is 0 Å². The van der Waals surface area contributed by atoms with Gasteiger partial charge in [0, 0.05) is 0 Å². The van der Waals surface area contributed by atoms with Crippen molar-refractivity contribution in [3.05, 3.63) is 0 Å². The van der Waals surface area contributed by atoms with Crippen molar-refractivity contribution in [3.8, 4) is 0 Å². The van der Waals surface area contributed by atoms with Crippen molar-refractivity contribution in [2.75, 3.05) is 14.1 Å². The standard InChI is InChI=1S/C7H12NO3/c1-6(10)4-7(11)8(2,3)5-9/h5H,4H2,1-3H3/q+1. The van der Waals surface area contributed by atoms with E-state index in [4.69, 9.17) is 0 Å². The van der Waals surface area contributed by atoms with E-state index in [1.807, 2.05) is 0 Å². The highest BCUT2D eigenvalue weighted by Crippen LogP contribution is 1.97. The van der Waals surface area contributed by atoms with Gasteiger partial charge >= 0.3 is 12.3 Å². The molecule has 2 amide bonds. The van der Waals surface area contributed by atoms with E-state index in [1.54, 1.807) is 0 Å². The number of Topliss-reactive ketones (excluding diaryl/α,β-unsaturated/α-hetero) is 1. The zero-order valence-electron chi connectivity index (χ0n) is 6.96. The van der Waals surface area contributed by atoms with Crippen LogP contribution in [0.4, 0.5) is 0 Å². The molecule has 0 aliphatic rings. The number of hydrogen-bond acceptors (Lipinski definition) is 3. The minimum Gasteiger partial charge on any atom is -0.299 e. The van der Waals surface area contributed by atoms with Crippen LogP contribution >= 0.6 is 0 Å². The van der Waals surface area contributed by atoms with Crippen molar-refractivity contribution in [1.29, 1.82) is 0 Å². The van der Waals surface area contributed by atoms with Gasteiger partial charge in [-0.2, -0.15) is 0 Å². The van der Waals surface area contributed by atoms with Crippen LogP contribution in [-0.4, -0.2) is 36.7 Å². The highest BCUT2D eigenvalue weighted by molar-refractivity contribution is 5.95. The Kier molecular flexibility index (Phi) is 3.07. The minimum absolute atomic E-state index is 0.175. The molecule has 0 radical (unpaired) electrons. The third-order valence-corrected chi connectivity index (χ3v) is 1.31. The van der Waals surface area contributed by atoms with Crippen LogP contribution in [0.3, 0.4) is 0 Å². The average Bonchev–Trinajstić information content (AvgIpc) is 1.86. The van der Waals surface area contributed by atoms with Crippen LogP contribution < -0.4 is 0 Å². The molecule has 0 aromatic rings. The van der Waals surface area contributed by atoms with Crippen molar-refractivity contribution >= 4 is 18.1 Å². The Bertz CT molecular complexity index is 196. The fourth-order valence-corrected chi connectivity index (χ4v) is 0.476. The molecule has 0 saturated carbocycles. The molecule has 0 spiro atoms. The molecule has 0 N–H and O–H groups in total. The van der Waals surface area contributed by atoms with E-state index < -0.39 is 0 Å². The summed E-state index contributed by atoms with van der Waals surface area (Å²) in [5.74, 6) is -0.601. The van der Waals surface area contributed by atoms with E-state index in [2.05, 4.69) is 0 Å². The van der Waals surface area contributed by atoms with E-state index in [0.717, 1.165) is 0 Å². The number of carbonyl (C=O) groups is 3. The van der Waals surface area contributed by atoms with E-state index in [1.165, 1.54) is 21.0 Å². The van der Waals surface area contributed by atoms with Crippen LogP contribution in [-0.2, 0) is 14.4 Å². The second kappa shape index (κ2) is 3.39. The number of imide groups is 1. The number of carbonyl (C=O) groups excluding carboxylic acids is 3. The summed E-state index contributed by atoms with van der Waals surface area (Å²) < 4.78 is -0.389. The molecule has 4 nitrogen and oxygen atoms in total. The Labute approximate surface area is 65.4 Å². The van der Waals surface area contributed by atoms with Crippen molar-refractivity contribution in [2.24, 2.45) is 0 Å². The van der Waals surface area contributed by atoms with E-state index in [-0.39, 0.29) is 22.6 Å². The molecule has 0 fully saturated rings. The molecular weight excluding hydrogens is 146 g/mol. The lowest BCUT2D eigenvalue weighted by atomic mass is 10.3. The highest BCUT2D eigenvalue weighted by atomic mass is 16.2.